The van der Waals surface area contributed by atoms with E-state index in [1.807, 2.05) is 0 Å². The van der Waals surface area contributed by atoms with Crippen molar-refractivity contribution in [2.24, 2.45) is 0 Å². The van der Waals surface area contributed by atoms with Gasteiger partial charge < -0.3 is 15.3 Å². The van der Waals surface area contributed by atoms with E-state index >= 15 is 0 Å². The second-order valence-corrected chi connectivity index (χ2v) is 6.59. The highest BCUT2D eigenvalue weighted by atomic mass is 16.3. The van der Waals surface area contributed by atoms with Crippen molar-refractivity contribution in [3.63, 3.8) is 0 Å². The fraction of sp³-hybridized carbons (Fsp3) is 0.688. The molecule has 0 spiro atoms. The molecule has 2 aromatic rings. The average molecular weight is 318 g/mol. The molecule has 0 bridgehead atoms. The zero-order chi connectivity index (χ0) is 16.2. The molecule has 0 saturated carbocycles. The Bertz CT molecular complexity index is 633. The highest BCUT2D eigenvalue weighted by Crippen LogP contribution is 2.20. The van der Waals surface area contributed by atoms with Crippen LogP contribution in [-0.2, 0) is 0 Å². The van der Waals surface area contributed by atoms with Gasteiger partial charge in [0.25, 0.3) is 0 Å². The van der Waals surface area contributed by atoms with Crippen molar-refractivity contribution in [2.75, 3.05) is 31.5 Å². The van der Waals surface area contributed by atoms with Gasteiger partial charge in [-0.3, -0.25) is 0 Å². The first kappa shape index (κ1) is 16.1. The van der Waals surface area contributed by atoms with Crippen molar-refractivity contribution >= 4 is 11.3 Å². The van der Waals surface area contributed by atoms with E-state index in [9.17, 15) is 5.11 Å². The van der Waals surface area contributed by atoms with Crippen LogP contribution in [0, 0.1) is 0 Å². The van der Waals surface area contributed by atoms with Gasteiger partial charge in [-0.25, -0.2) is 0 Å². The number of likely N-dealkylation sites (tertiary alicyclic amines) is 1. The van der Waals surface area contributed by atoms with Gasteiger partial charge in [-0.15, -0.1) is 10.2 Å². The van der Waals surface area contributed by atoms with Crippen molar-refractivity contribution in [3.8, 4) is 0 Å². The van der Waals surface area contributed by atoms with Gasteiger partial charge in [0.2, 0.25) is 5.65 Å². The Balaban J connectivity index is 1.55. The van der Waals surface area contributed by atoms with Gasteiger partial charge in [0.15, 0.2) is 0 Å². The Labute approximate surface area is 136 Å². The minimum Gasteiger partial charge on any atom is -0.393 e. The predicted octanol–water partition coefficient (Wildman–Crippen LogP) is 1.51. The molecule has 3 heterocycles. The number of nitrogens with one attached hydrogen (secondary N) is 1. The van der Waals surface area contributed by atoms with Gasteiger partial charge in [0.1, 0.15) is 6.33 Å². The fourth-order valence-electron chi connectivity index (χ4n) is 2.93. The Morgan fingerprint density at radius 2 is 2.13 bits per heavy atom. The lowest BCUT2D eigenvalue weighted by atomic mass is 10.1. The zero-order valence-corrected chi connectivity index (χ0v) is 13.9. The molecular formula is C16H26N6O. The highest BCUT2D eigenvalue weighted by Gasteiger charge is 2.16. The first-order valence-corrected chi connectivity index (χ1v) is 8.48. The maximum Gasteiger partial charge on any atom is 0.200 e. The molecule has 0 atom stereocenters. The number of piperidine rings is 1. The van der Waals surface area contributed by atoms with Crippen molar-refractivity contribution in [1.82, 2.24) is 24.7 Å². The molecule has 23 heavy (non-hydrogen) atoms. The second-order valence-electron chi connectivity index (χ2n) is 6.59. The zero-order valence-electron chi connectivity index (χ0n) is 13.9. The molecule has 3 rings (SSSR count). The molecule has 1 fully saturated rings. The smallest absolute Gasteiger partial charge is 0.200 e. The first-order valence-electron chi connectivity index (χ1n) is 8.48. The maximum atomic E-state index is 9.54. The number of hydrogen-bond acceptors (Lipinski definition) is 6. The van der Waals surface area contributed by atoms with Crippen LogP contribution < -0.4 is 5.32 Å². The van der Waals surface area contributed by atoms with Crippen LogP contribution in [0.5, 0.6) is 0 Å². The van der Waals surface area contributed by atoms with E-state index in [4.69, 9.17) is 0 Å². The summed E-state index contributed by atoms with van der Waals surface area (Å²) in [7, 11) is 0. The minimum atomic E-state index is -0.100. The molecule has 1 saturated heterocycles. The third-order valence-electron chi connectivity index (χ3n) is 4.40. The third-order valence-corrected chi connectivity index (χ3v) is 4.40. The average Bonchev–Trinajstić information content (AvgIpc) is 3.01. The maximum absolute atomic E-state index is 9.54. The molecule has 7 heteroatoms. The number of anilines is 1. The fourth-order valence-corrected chi connectivity index (χ4v) is 2.93. The summed E-state index contributed by atoms with van der Waals surface area (Å²) in [6, 6.07) is 2.08. The number of aliphatic hydroxyl groups is 1. The molecule has 0 unspecified atom stereocenters. The minimum absolute atomic E-state index is 0.100. The normalized spacial score (nSPS) is 17.2. The van der Waals surface area contributed by atoms with Gasteiger partial charge in [-0.2, -0.15) is 9.61 Å². The lowest BCUT2D eigenvalue weighted by Crippen LogP contribution is -2.36. The number of rotatable bonds is 6. The number of hydrogen-bond donors (Lipinski definition) is 2. The van der Waals surface area contributed by atoms with E-state index in [-0.39, 0.29) is 6.10 Å². The summed E-state index contributed by atoms with van der Waals surface area (Å²) >= 11 is 0. The van der Waals surface area contributed by atoms with Gasteiger partial charge in [0, 0.05) is 19.6 Å². The summed E-state index contributed by atoms with van der Waals surface area (Å²) in [5.41, 5.74) is 2.80. The van der Waals surface area contributed by atoms with E-state index in [2.05, 4.69) is 45.4 Å². The van der Waals surface area contributed by atoms with E-state index < -0.39 is 0 Å². The van der Waals surface area contributed by atoms with Crippen LogP contribution in [0.2, 0.25) is 0 Å². The van der Waals surface area contributed by atoms with Crippen LogP contribution >= 0.6 is 0 Å². The van der Waals surface area contributed by atoms with Crippen LogP contribution in [0.3, 0.4) is 0 Å². The van der Waals surface area contributed by atoms with Crippen LogP contribution in [-0.4, -0.2) is 62.1 Å². The van der Waals surface area contributed by atoms with E-state index in [1.165, 1.54) is 0 Å². The summed E-state index contributed by atoms with van der Waals surface area (Å²) < 4.78 is 1.74. The molecule has 1 aliphatic rings. The summed E-state index contributed by atoms with van der Waals surface area (Å²) in [6.45, 7) is 8.22. The first-order chi connectivity index (χ1) is 11.1. The lowest BCUT2D eigenvalue weighted by molar-refractivity contribution is 0.0825. The molecule has 126 valence electrons. The summed E-state index contributed by atoms with van der Waals surface area (Å²) in [6.07, 6.45) is 4.41. The molecule has 2 aromatic heterocycles. The topological polar surface area (TPSA) is 78.6 Å². The molecule has 1 aliphatic heterocycles. The number of aromatic nitrogens is 4. The van der Waals surface area contributed by atoms with E-state index in [0.717, 1.165) is 62.5 Å². The molecule has 2 N–H and O–H groups in total. The molecule has 7 nitrogen and oxygen atoms in total. The molecule has 0 radical (unpaired) electrons. The third kappa shape index (κ3) is 3.97. The van der Waals surface area contributed by atoms with Crippen molar-refractivity contribution in [3.05, 3.63) is 18.1 Å². The molecule has 0 amide bonds. The quantitative estimate of drug-likeness (QED) is 0.786. The largest absolute Gasteiger partial charge is 0.393 e. The monoisotopic (exact) mass is 318 g/mol. The van der Waals surface area contributed by atoms with Gasteiger partial charge in [-0.1, -0.05) is 13.8 Å². The summed E-state index contributed by atoms with van der Waals surface area (Å²) in [5, 5.41) is 25.6. The standard InChI is InChI=1S/C16H26N6O/c1-12(2)14-10-15(16-19-18-11-22(16)20-14)17-6-3-7-21-8-4-13(23)5-9-21/h10-13,17,23H,3-9H2,1-2H3. The number of nitrogens with zero attached hydrogens (tertiary/aromatic N) is 5. The van der Waals surface area contributed by atoms with Crippen molar-refractivity contribution in [2.45, 2.75) is 45.1 Å². The Morgan fingerprint density at radius 1 is 1.35 bits per heavy atom. The van der Waals surface area contributed by atoms with Crippen molar-refractivity contribution in [1.29, 1.82) is 0 Å². The van der Waals surface area contributed by atoms with Crippen LogP contribution in [0.1, 0.15) is 44.7 Å². The molecular weight excluding hydrogens is 292 g/mol. The summed E-state index contributed by atoms with van der Waals surface area (Å²) in [4.78, 5) is 2.42. The van der Waals surface area contributed by atoms with Gasteiger partial charge in [0.05, 0.1) is 17.5 Å². The van der Waals surface area contributed by atoms with Crippen LogP contribution in [0.15, 0.2) is 12.4 Å². The van der Waals surface area contributed by atoms with Crippen LogP contribution in [0.25, 0.3) is 5.65 Å². The van der Waals surface area contributed by atoms with Crippen molar-refractivity contribution < 1.29 is 5.11 Å². The molecule has 0 aliphatic carbocycles. The predicted molar refractivity (Wildman–Crippen MR) is 89.7 cm³/mol. The highest BCUT2D eigenvalue weighted by molar-refractivity contribution is 5.66. The number of fused-ring (bicyclic) bond motifs is 1. The molecule has 0 aromatic carbocycles. The van der Waals surface area contributed by atoms with E-state index in [0.29, 0.717) is 5.92 Å². The van der Waals surface area contributed by atoms with Gasteiger partial charge in [-0.05, 0) is 37.8 Å². The Morgan fingerprint density at radius 3 is 2.87 bits per heavy atom. The Kier molecular flexibility index (Phi) is 5.07. The Hall–Kier alpha value is -1.73. The second kappa shape index (κ2) is 7.23. The lowest BCUT2D eigenvalue weighted by Gasteiger charge is -2.29. The summed E-state index contributed by atoms with van der Waals surface area (Å²) in [5.74, 6) is 0.363. The SMILES string of the molecule is CC(C)c1cc(NCCCN2CCC(O)CC2)c2nncn2n1. The van der Waals surface area contributed by atoms with Gasteiger partial charge >= 0.3 is 0 Å². The van der Waals surface area contributed by atoms with E-state index in [1.54, 1.807) is 10.8 Å². The number of aliphatic hydroxyl groups excluding tert-OH is 1. The van der Waals surface area contributed by atoms with Crippen LogP contribution in [0.4, 0.5) is 5.69 Å².